The van der Waals surface area contributed by atoms with Crippen LogP contribution in [0.2, 0.25) is 0 Å². The molecule has 0 saturated heterocycles. The van der Waals surface area contributed by atoms with Crippen LogP contribution in [0, 0.1) is 0 Å². The van der Waals surface area contributed by atoms with Crippen molar-refractivity contribution in [1.82, 2.24) is 15.5 Å². The Morgan fingerprint density at radius 2 is 2.14 bits per heavy atom. The van der Waals surface area contributed by atoms with E-state index in [1.165, 1.54) is 28.7 Å². The summed E-state index contributed by atoms with van der Waals surface area (Å²) in [6.45, 7) is 4.70. The van der Waals surface area contributed by atoms with Gasteiger partial charge in [-0.1, -0.05) is 60.4 Å². The molecule has 21 heavy (non-hydrogen) atoms. The SMILES string of the molecule is CC[C@H](CNC(=O)[C@H](C)Sc1nncs1)c1ccccc1. The molecule has 2 atom stereocenters. The van der Waals surface area contributed by atoms with Crippen molar-refractivity contribution in [1.29, 1.82) is 0 Å². The number of nitrogens with zero attached hydrogens (tertiary/aromatic N) is 2. The van der Waals surface area contributed by atoms with Gasteiger partial charge in [-0.05, 0) is 18.9 Å². The maximum absolute atomic E-state index is 12.1. The van der Waals surface area contributed by atoms with Crippen LogP contribution < -0.4 is 5.32 Å². The molecule has 0 unspecified atom stereocenters. The van der Waals surface area contributed by atoms with E-state index in [2.05, 4.69) is 34.6 Å². The van der Waals surface area contributed by atoms with E-state index < -0.39 is 0 Å². The lowest BCUT2D eigenvalue weighted by atomic mass is 9.96. The summed E-state index contributed by atoms with van der Waals surface area (Å²) in [6.07, 6.45) is 1.00. The van der Waals surface area contributed by atoms with Gasteiger partial charge in [0.05, 0.1) is 5.25 Å². The smallest absolute Gasteiger partial charge is 0.233 e. The summed E-state index contributed by atoms with van der Waals surface area (Å²) in [5, 5.41) is 10.6. The molecule has 0 bridgehead atoms. The highest BCUT2D eigenvalue weighted by Gasteiger charge is 2.17. The molecule has 1 amide bonds. The fraction of sp³-hybridized carbons (Fsp3) is 0.400. The average Bonchev–Trinajstić information content (AvgIpc) is 3.01. The number of carbonyl (C=O) groups is 1. The summed E-state index contributed by atoms with van der Waals surface area (Å²) in [7, 11) is 0. The summed E-state index contributed by atoms with van der Waals surface area (Å²) in [5.74, 6) is 0.401. The van der Waals surface area contributed by atoms with E-state index in [1.807, 2.05) is 25.1 Å². The summed E-state index contributed by atoms with van der Waals surface area (Å²) in [6, 6.07) is 10.3. The van der Waals surface area contributed by atoms with Crippen molar-refractivity contribution in [3.8, 4) is 0 Å². The van der Waals surface area contributed by atoms with Gasteiger partial charge in [-0.3, -0.25) is 4.79 Å². The third-order valence-corrected chi connectivity index (χ3v) is 5.18. The van der Waals surface area contributed by atoms with Crippen LogP contribution >= 0.6 is 23.1 Å². The fourth-order valence-corrected chi connectivity index (χ4v) is 3.66. The number of benzene rings is 1. The molecule has 1 N–H and O–H groups in total. The van der Waals surface area contributed by atoms with Gasteiger partial charge in [-0.2, -0.15) is 0 Å². The second kappa shape index (κ2) is 8.14. The van der Waals surface area contributed by atoms with Gasteiger partial charge in [0.1, 0.15) is 5.51 Å². The molecule has 0 aliphatic rings. The number of nitrogens with one attached hydrogen (secondary N) is 1. The lowest BCUT2D eigenvalue weighted by Gasteiger charge is -2.17. The zero-order valence-electron chi connectivity index (χ0n) is 12.2. The van der Waals surface area contributed by atoms with Gasteiger partial charge in [-0.15, -0.1) is 10.2 Å². The maximum Gasteiger partial charge on any atom is 0.233 e. The summed E-state index contributed by atoms with van der Waals surface area (Å²) in [4.78, 5) is 12.1. The predicted octanol–water partition coefficient (Wildman–Crippen LogP) is 3.33. The first kappa shape index (κ1) is 16.0. The second-order valence-corrected chi connectivity index (χ2v) is 7.15. The number of thioether (sulfide) groups is 1. The predicted molar refractivity (Wildman–Crippen MR) is 87.7 cm³/mol. The molecule has 0 spiro atoms. The average molecular weight is 321 g/mol. The molecule has 0 radical (unpaired) electrons. The Bertz CT molecular complexity index is 545. The lowest BCUT2D eigenvalue weighted by molar-refractivity contribution is -0.120. The molecular weight excluding hydrogens is 302 g/mol. The Kier molecular flexibility index (Phi) is 6.20. The Morgan fingerprint density at radius 3 is 2.76 bits per heavy atom. The van der Waals surface area contributed by atoms with Gasteiger partial charge in [0, 0.05) is 12.5 Å². The van der Waals surface area contributed by atoms with Crippen LogP contribution in [0.25, 0.3) is 0 Å². The van der Waals surface area contributed by atoms with Crippen LogP contribution in [-0.2, 0) is 4.79 Å². The Hall–Kier alpha value is -1.40. The molecule has 0 aliphatic heterocycles. The zero-order valence-corrected chi connectivity index (χ0v) is 13.8. The van der Waals surface area contributed by atoms with E-state index in [0.717, 1.165) is 10.8 Å². The van der Waals surface area contributed by atoms with E-state index in [0.29, 0.717) is 12.5 Å². The number of rotatable bonds is 7. The van der Waals surface area contributed by atoms with Crippen molar-refractivity contribution in [3.63, 3.8) is 0 Å². The van der Waals surface area contributed by atoms with Crippen molar-refractivity contribution in [3.05, 3.63) is 41.4 Å². The number of aromatic nitrogens is 2. The van der Waals surface area contributed by atoms with E-state index >= 15 is 0 Å². The highest BCUT2D eigenvalue weighted by molar-refractivity contribution is 8.02. The van der Waals surface area contributed by atoms with Crippen molar-refractivity contribution in [2.75, 3.05) is 6.54 Å². The highest BCUT2D eigenvalue weighted by atomic mass is 32.2. The van der Waals surface area contributed by atoms with Crippen molar-refractivity contribution in [2.24, 2.45) is 0 Å². The van der Waals surface area contributed by atoms with Gasteiger partial charge in [0.25, 0.3) is 0 Å². The first-order chi connectivity index (χ1) is 10.2. The van der Waals surface area contributed by atoms with Crippen molar-refractivity contribution in [2.45, 2.75) is 35.8 Å². The van der Waals surface area contributed by atoms with Crippen LogP contribution in [0.15, 0.2) is 40.2 Å². The minimum atomic E-state index is -0.161. The van der Waals surface area contributed by atoms with Gasteiger partial charge < -0.3 is 5.32 Å². The van der Waals surface area contributed by atoms with Gasteiger partial charge in [0.15, 0.2) is 4.34 Å². The highest BCUT2D eigenvalue weighted by Crippen LogP contribution is 2.24. The topological polar surface area (TPSA) is 54.9 Å². The zero-order chi connectivity index (χ0) is 15.1. The normalized spacial score (nSPS) is 13.6. The van der Waals surface area contributed by atoms with Crippen molar-refractivity contribution < 1.29 is 4.79 Å². The third-order valence-electron chi connectivity index (χ3n) is 3.27. The Balaban J connectivity index is 1.84. The molecule has 0 fully saturated rings. The second-order valence-electron chi connectivity index (χ2n) is 4.73. The molecule has 112 valence electrons. The molecular formula is C15H19N3OS2. The molecule has 4 nitrogen and oxygen atoms in total. The molecule has 1 aromatic carbocycles. The minimum Gasteiger partial charge on any atom is -0.355 e. The molecule has 0 aliphatic carbocycles. The van der Waals surface area contributed by atoms with Crippen LogP contribution in [-0.4, -0.2) is 27.9 Å². The number of carbonyl (C=O) groups excluding carboxylic acids is 1. The van der Waals surface area contributed by atoms with Crippen LogP contribution in [0.4, 0.5) is 0 Å². The van der Waals surface area contributed by atoms with E-state index in [4.69, 9.17) is 0 Å². The molecule has 2 rings (SSSR count). The first-order valence-electron chi connectivity index (χ1n) is 6.96. The summed E-state index contributed by atoms with van der Waals surface area (Å²) in [5.41, 5.74) is 2.94. The molecule has 2 aromatic rings. The summed E-state index contributed by atoms with van der Waals surface area (Å²) >= 11 is 2.90. The maximum atomic E-state index is 12.1. The van der Waals surface area contributed by atoms with E-state index in [1.54, 1.807) is 5.51 Å². The largest absolute Gasteiger partial charge is 0.355 e. The minimum absolute atomic E-state index is 0.0459. The summed E-state index contributed by atoms with van der Waals surface area (Å²) < 4.78 is 0.827. The molecule has 1 aromatic heterocycles. The van der Waals surface area contributed by atoms with Crippen molar-refractivity contribution >= 4 is 29.0 Å². The number of hydrogen-bond donors (Lipinski definition) is 1. The lowest BCUT2D eigenvalue weighted by Crippen LogP contribution is -2.34. The van der Waals surface area contributed by atoms with Crippen LogP contribution in [0.1, 0.15) is 31.7 Å². The van der Waals surface area contributed by atoms with Crippen LogP contribution in [0.5, 0.6) is 0 Å². The van der Waals surface area contributed by atoms with E-state index in [-0.39, 0.29) is 11.2 Å². The molecule has 1 heterocycles. The first-order valence-corrected chi connectivity index (χ1v) is 8.72. The van der Waals surface area contributed by atoms with E-state index in [9.17, 15) is 4.79 Å². The molecule has 6 heteroatoms. The van der Waals surface area contributed by atoms with Crippen LogP contribution in [0.3, 0.4) is 0 Å². The number of amides is 1. The standard InChI is InChI=1S/C15H19N3OS2/c1-3-12(13-7-5-4-6-8-13)9-16-14(19)11(2)21-15-18-17-10-20-15/h4-8,10-12H,3,9H2,1-2H3,(H,16,19)/t11-,12+/m0/s1. The van der Waals surface area contributed by atoms with Gasteiger partial charge in [0.2, 0.25) is 5.91 Å². The monoisotopic (exact) mass is 321 g/mol. The Morgan fingerprint density at radius 1 is 1.38 bits per heavy atom. The molecule has 0 saturated carbocycles. The fourth-order valence-electron chi connectivity index (χ4n) is 2.01. The quantitative estimate of drug-likeness (QED) is 0.795. The van der Waals surface area contributed by atoms with Gasteiger partial charge in [-0.25, -0.2) is 0 Å². The Labute approximate surface area is 133 Å². The third kappa shape index (κ3) is 4.82. The number of hydrogen-bond acceptors (Lipinski definition) is 5. The van der Waals surface area contributed by atoms with Gasteiger partial charge >= 0.3 is 0 Å².